The second kappa shape index (κ2) is 6.11. The van der Waals surface area contributed by atoms with Crippen LogP contribution in [-0.4, -0.2) is 22.6 Å². The van der Waals surface area contributed by atoms with Crippen LogP contribution in [0, 0.1) is 11.3 Å². The monoisotopic (exact) mass is 252 g/mol. The second-order valence-electron chi connectivity index (χ2n) is 5.53. The zero-order valence-electron chi connectivity index (χ0n) is 10.9. The summed E-state index contributed by atoms with van der Waals surface area (Å²) in [5.74, 6) is 0. The van der Waals surface area contributed by atoms with E-state index in [2.05, 4.69) is 30.1 Å². The Balaban J connectivity index is 1.82. The Hall–Kier alpha value is -0.200. The van der Waals surface area contributed by atoms with Gasteiger partial charge >= 0.3 is 0 Å². The Labute approximate surface area is 110 Å². The van der Waals surface area contributed by atoms with Crippen LogP contribution < -0.4 is 5.32 Å². The van der Waals surface area contributed by atoms with Crippen molar-refractivity contribution in [2.75, 3.05) is 6.54 Å². The summed E-state index contributed by atoms with van der Waals surface area (Å²) in [6, 6.07) is 2.54. The Morgan fingerprint density at radius 3 is 2.71 bits per heavy atom. The van der Waals surface area contributed by atoms with E-state index in [-0.39, 0.29) is 5.54 Å². The van der Waals surface area contributed by atoms with Crippen molar-refractivity contribution in [3.63, 3.8) is 0 Å². The van der Waals surface area contributed by atoms with Crippen LogP contribution in [0.15, 0.2) is 0 Å². The van der Waals surface area contributed by atoms with Crippen LogP contribution in [0.3, 0.4) is 0 Å². The molecule has 3 heteroatoms. The normalized spacial score (nSPS) is 34.0. The van der Waals surface area contributed by atoms with Crippen LogP contribution in [0.2, 0.25) is 0 Å². The molecular formula is C14H24N2S. The maximum Gasteiger partial charge on any atom is 0.107 e. The van der Waals surface area contributed by atoms with Gasteiger partial charge in [-0.25, -0.2) is 0 Å². The van der Waals surface area contributed by atoms with Crippen molar-refractivity contribution in [1.29, 1.82) is 5.26 Å². The van der Waals surface area contributed by atoms with Crippen LogP contribution in [0.4, 0.5) is 0 Å². The molecule has 0 heterocycles. The maximum atomic E-state index is 9.40. The number of nitrogens with zero attached hydrogens (tertiary/aromatic N) is 1. The summed E-state index contributed by atoms with van der Waals surface area (Å²) in [6.07, 6.45) is 10.1. The first-order valence-corrected chi connectivity index (χ1v) is 8.04. The lowest BCUT2D eigenvalue weighted by Gasteiger charge is -2.23. The minimum Gasteiger partial charge on any atom is -0.299 e. The van der Waals surface area contributed by atoms with Crippen molar-refractivity contribution in [2.24, 2.45) is 0 Å². The second-order valence-corrected chi connectivity index (χ2v) is 7.13. The van der Waals surface area contributed by atoms with E-state index in [1.165, 1.54) is 32.1 Å². The van der Waals surface area contributed by atoms with Gasteiger partial charge in [-0.1, -0.05) is 19.8 Å². The van der Waals surface area contributed by atoms with Crippen LogP contribution >= 0.6 is 11.8 Å². The summed E-state index contributed by atoms with van der Waals surface area (Å²) >= 11 is 2.17. The van der Waals surface area contributed by atoms with Gasteiger partial charge in [0.2, 0.25) is 0 Å². The summed E-state index contributed by atoms with van der Waals surface area (Å²) in [5.41, 5.74) is -0.202. The highest BCUT2D eigenvalue weighted by atomic mass is 32.2. The van der Waals surface area contributed by atoms with Crippen LogP contribution in [0.5, 0.6) is 0 Å². The lowest BCUT2D eigenvalue weighted by atomic mass is 10.00. The number of thioether (sulfide) groups is 1. The van der Waals surface area contributed by atoms with Crippen LogP contribution in [0.25, 0.3) is 0 Å². The SMILES string of the molecule is CCCNC1(C#N)CCC(SC2CCCC2)C1. The van der Waals surface area contributed by atoms with Crippen molar-refractivity contribution in [3.8, 4) is 6.07 Å². The van der Waals surface area contributed by atoms with Gasteiger partial charge in [-0.3, -0.25) is 5.32 Å². The fourth-order valence-corrected chi connectivity index (χ4v) is 4.86. The molecule has 2 aliphatic carbocycles. The van der Waals surface area contributed by atoms with Crippen molar-refractivity contribution >= 4 is 11.8 Å². The molecule has 0 bridgehead atoms. The quantitative estimate of drug-likeness (QED) is 0.813. The lowest BCUT2D eigenvalue weighted by molar-refractivity contribution is 0.424. The summed E-state index contributed by atoms with van der Waals surface area (Å²) in [6.45, 7) is 3.15. The van der Waals surface area contributed by atoms with Gasteiger partial charge in [-0.05, 0) is 45.1 Å². The van der Waals surface area contributed by atoms with E-state index in [0.717, 1.165) is 36.3 Å². The van der Waals surface area contributed by atoms with Gasteiger partial charge in [0.25, 0.3) is 0 Å². The molecule has 2 atom stereocenters. The largest absolute Gasteiger partial charge is 0.299 e. The smallest absolute Gasteiger partial charge is 0.107 e. The summed E-state index contributed by atoms with van der Waals surface area (Å²) in [4.78, 5) is 0. The zero-order valence-corrected chi connectivity index (χ0v) is 11.7. The summed E-state index contributed by atoms with van der Waals surface area (Å²) < 4.78 is 0. The van der Waals surface area contributed by atoms with Crippen molar-refractivity contribution in [3.05, 3.63) is 0 Å². The number of nitriles is 1. The highest BCUT2D eigenvalue weighted by Gasteiger charge is 2.40. The molecule has 0 amide bonds. The molecule has 2 unspecified atom stereocenters. The average molecular weight is 252 g/mol. The maximum absolute atomic E-state index is 9.40. The molecule has 0 saturated heterocycles. The van der Waals surface area contributed by atoms with Gasteiger partial charge in [0.15, 0.2) is 0 Å². The van der Waals surface area contributed by atoms with Gasteiger partial charge in [-0.15, -0.1) is 0 Å². The third-order valence-electron chi connectivity index (χ3n) is 4.08. The van der Waals surface area contributed by atoms with E-state index in [0.29, 0.717) is 0 Å². The van der Waals surface area contributed by atoms with E-state index in [1.54, 1.807) is 0 Å². The Kier molecular flexibility index (Phi) is 4.76. The molecule has 2 fully saturated rings. The first-order chi connectivity index (χ1) is 8.28. The third kappa shape index (κ3) is 3.39. The molecule has 1 N–H and O–H groups in total. The molecule has 0 aliphatic heterocycles. The first-order valence-electron chi connectivity index (χ1n) is 7.10. The van der Waals surface area contributed by atoms with Gasteiger partial charge in [0, 0.05) is 10.5 Å². The van der Waals surface area contributed by atoms with E-state index < -0.39 is 0 Å². The fourth-order valence-electron chi connectivity index (χ4n) is 3.08. The van der Waals surface area contributed by atoms with Crippen molar-refractivity contribution in [1.82, 2.24) is 5.32 Å². The lowest BCUT2D eigenvalue weighted by Crippen LogP contribution is -2.42. The number of hydrogen-bond acceptors (Lipinski definition) is 3. The number of rotatable bonds is 5. The van der Waals surface area contributed by atoms with E-state index in [4.69, 9.17) is 0 Å². The molecule has 2 aliphatic rings. The molecule has 0 aromatic rings. The minimum absolute atomic E-state index is 0.202. The van der Waals surface area contributed by atoms with E-state index >= 15 is 0 Å². The molecule has 2 saturated carbocycles. The Morgan fingerprint density at radius 2 is 2.06 bits per heavy atom. The predicted molar refractivity (Wildman–Crippen MR) is 74.1 cm³/mol. The van der Waals surface area contributed by atoms with Gasteiger partial charge in [-0.2, -0.15) is 17.0 Å². The fraction of sp³-hybridized carbons (Fsp3) is 0.929. The third-order valence-corrected chi connectivity index (χ3v) is 5.73. The zero-order chi connectivity index (χ0) is 12.1. The standard InChI is InChI=1S/C14H24N2S/c1-2-9-16-14(11-15)8-7-13(10-14)17-12-5-3-4-6-12/h12-13,16H,2-10H2,1H3. The first kappa shape index (κ1) is 13.2. The molecule has 0 spiro atoms. The topological polar surface area (TPSA) is 35.8 Å². The number of nitrogens with one attached hydrogen (secondary N) is 1. The number of hydrogen-bond donors (Lipinski definition) is 1. The molecule has 2 rings (SSSR count). The highest BCUT2D eigenvalue weighted by Crippen LogP contribution is 2.42. The van der Waals surface area contributed by atoms with E-state index in [1.807, 2.05) is 0 Å². The molecule has 96 valence electrons. The van der Waals surface area contributed by atoms with Gasteiger partial charge in [0.05, 0.1) is 6.07 Å². The Bertz CT molecular complexity index is 280. The summed E-state index contributed by atoms with van der Waals surface area (Å²) in [7, 11) is 0. The van der Waals surface area contributed by atoms with Crippen LogP contribution in [0.1, 0.15) is 58.3 Å². The molecule has 0 aromatic carbocycles. The highest BCUT2D eigenvalue weighted by molar-refractivity contribution is 8.00. The molecule has 0 aromatic heterocycles. The van der Waals surface area contributed by atoms with Crippen LogP contribution in [-0.2, 0) is 0 Å². The van der Waals surface area contributed by atoms with E-state index in [9.17, 15) is 5.26 Å². The van der Waals surface area contributed by atoms with Gasteiger partial charge in [0.1, 0.15) is 5.54 Å². The molecule has 17 heavy (non-hydrogen) atoms. The molecule has 2 nitrogen and oxygen atoms in total. The minimum atomic E-state index is -0.202. The summed E-state index contributed by atoms with van der Waals surface area (Å²) in [5, 5.41) is 14.5. The van der Waals surface area contributed by atoms with Gasteiger partial charge < -0.3 is 0 Å². The van der Waals surface area contributed by atoms with Crippen molar-refractivity contribution < 1.29 is 0 Å². The van der Waals surface area contributed by atoms with Crippen molar-refractivity contribution in [2.45, 2.75) is 74.3 Å². The average Bonchev–Trinajstić information content (AvgIpc) is 2.98. The predicted octanol–water partition coefficient (Wildman–Crippen LogP) is 3.48. The molecular weight excluding hydrogens is 228 g/mol. The Morgan fingerprint density at radius 1 is 1.29 bits per heavy atom. The molecule has 0 radical (unpaired) electrons.